The third kappa shape index (κ3) is 3.85. The van der Waals surface area contributed by atoms with Gasteiger partial charge < -0.3 is 8.85 Å². The molecule has 2 aliphatic carbocycles. The summed E-state index contributed by atoms with van der Waals surface area (Å²) >= 11 is 0. The van der Waals surface area contributed by atoms with Crippen molar-refractivity contribution in [3.05, 3.63) is 12.2 Å². The summed E-state index contributed by atoms with van der Waals surface area (Å²) in [4.78, 5) is 11.5. The number of hydrogen-bond donors (Lipinski definition) is 0. The van der Waals surface area contributed by atoms with Gasteiger partial charge in [0.2, 0.25) is 0 Å². The molecule has 0 radical (unpaired) electrons. The lowest BCUT2D eigenvalue weighted by Crippen LogP contribution is -2.56. The maximum absolute atomic E-state index is 6.86. The highest BCUT2D eigenvalue weighted by Crippen LogP contribution is 2.57. The van der Waals surface area contributed by atoms with E-state index in [0.717, 1.165) is 19.4 Å². The molecule has 0 aromatic carbocycles. The maximum Gasteiger partial charge on any atom is 0.192 e. The monoisotopic (exact) mass is 426 g/mol. The van der Waals surface area contributed by atoms with Gasteiger partial charge in [0.1, 0.15) is 12.2 Å². The molecule has 0 aromatic heterocycles. The minimum Gasteiger partial charge on any atom is -0.416 e. The van der Waals surface area contributed by atoms with Crippen LogP contribution in [0.15, 0.2) is 12.2 Å². The van der Waals surface area contributed by atoms with Crippen LogP contribution in [0.4, 0.5) is 0 Å². The zero-order valence-corrected chi connectivity index (χ0v) is 21.7. The molecular weight excluding hydrogens is 384 g/mol. The molecule has 2 heterocycles. The van der Waals surface area contributed by atoms with Crippen LogP contribution in [0.5, 0.6) is 0 Å². The van der Waals surface area contributed by atoms with Gasteiger partial charge in [-0.25, -0.2) is 9.78 Å². The highest BCUT2D eigenvalue weighted by Gasteiger charge is 2.61. The molecule has 162 valence electrons. The van der Waals surface area contributed by atoms with Gasteiger partial charge in [-0.05, 0) is 49.1 Å². The Morgan fingerprint density at radius 2 is 1.54 bits per heavy atom. The molecule has 6 heteroatoms. The Morgan fingerprint density at radius 1 is 0.929 bits per heavy atom. The Labute approximate surface area is 174 Å². The molecule has 0 aromatic rings. The first-order valence-corrected chi connectivity index (χ1v) is 16.7. The van der Waals surface area contributed by atoms with E-state index in [0.29, 0.717) is 5.92 Å². The Kier molecular flexibility index (Phi) is 5.69. The van der Waals surface area contributed by atoms with Crippen molar-refractivity contribution >= 4 is 16.6 Å². The summed E-state index contributed by atoms with van der Waals surface area (Å²) < 4.78 is 13.6. The average molecular weight is 427 g/mol. The van der Waals surface area contributed by atoms with Gasteiger partial charge in [0.05, 0.1) is 0 Å². The van der Waals surface area contributed by atoms with Gasteiger partial charge in [0, 0.05) is 24.0 Å². The molecule has 0 unspecified atom stereocenters. The van der Waals surface area contributed by atoms with Crippen LogP contribution in [0.3, 0.4) is 0 Å². The summed E-state index contributed by atoms with van der Waals surface area (Å²) in [5.74, 6) is 0.413. The second-order valence-corrected chi connectivity index (χ2v) is 21.9. The van der Waals surface area contributed by atoms with Crippen LogP contribution in [0.2, 0.25) is 36.3 Å². The van der Waals surface area contributed by atoms with Crippen molar-refractivity contribution in [2.24, 2.45) is 11.3 Å². The maximum atomic E-state index is 6.86. The summed E-state index contributed by atoms with van der Waals surface area (Å²) in [6.07, 6.45) is 6.72. The summed E-state index contributed by atoms with van der Waals surface area (Å²) in [5, 5.41) is 0.422. The molecule has 2 aliphatic heterocycles. The van der Waals surface area contributed by atoms with E-state index in [2.05, 4.69) is 79.9 Å². The van der Waals surface area contributed by atoms with Crippen LogP contribution in [0.1, 0.15) is 54.4 Å². The fraction of sp³-hybridized carbons (Fsp3) is 0.909. The van der Waals surface area contributed by atoms with E-state index in [4.69, 9.17) is 18.6 Å². The molecule has 4 rings (SSSR count). The molecule has 2 fully saturated rings. The normalized spacial score (nSPS) is 36.1. The van der Waals surface area contributed by atoms with Gasteiger partial charge in [-0.1, -0.05) is 53.7 Å². The third-order valence-electron chi connectivity index (χ3n) is 8.35. The van der Waals surface area contributed by atoms with Crippen molar-refractivity contribution in [3.8, 4) is 0 Å². The highest BCUT2D eigenvalue weighted by molar-refractivity contribution is 6.74. The summed E-state index contributed by atoms with van der Waals surface area (Å²) in [6, 6.07) is 0. The van der Waals surface area contributed by atoms with E-state index in [-0.39, 0.29) is 33.8 Å². The molecule has 0 amide bonds. The summed E-state index contributed by atoms with van der Waals surface area (Å²) in [7, 11) is -3.65. The van der Waals surface area contributed by atoms with E-state index >= 15 is 0 Å². The molecule has 28 heavy (non-hydrogen) atoms. The van der Waals surface area contributed by atoms with Crippen molar-refractivity contribution in [3.63, 3.8) is 0 Å². The van der Waals surface area contributed by atoms with Gasteiger partial charge in [0.15, 0.2) is 16.6 Å². The first kappa shape index (κ1) is 22.7. The van der Waals surface area contributed by atoms with E-state index in [1.54, 1.807) is 0 Å². The van der Waals surface area contributed by atoms with Crippen LogP contribution in [-0.4, -0.2) is 41.6 Å². The van der Waals surface area contributed by atoms with Crippen LogP contribution < -0.4 is 0 Å². The van der Waals surface area contributed by atoms with E-state index in [9.17, 15) is 0 Å². The zero-order valence-electron chi connectivity index (χ0n) is 19.7. The van der Waals surface area contributed by atoms with Gasteiger partial charge >= 0.3 is 0 Å². The molecule has 4 nitrogen and oxygen atoms in total. The molecule has 5 atom stereocenters. The van der Waals surface area contributed by atoms with Crippen molar-refractivity contribution in [1.82, 2.24) is 0 Å². The van der Waals surface area contributed by atoms with E-state index < -0.39 is 16.6 Å². The summed E-state index contributed by atoms with van der Waals surface area (Å²) in [6.45, 7) is 24.0. The minimum atomic E-state index is -1.83. The van der Waals surface area contributed by atoms with Gasteiger partial charge in [-0.15, -0.1) is 0 Å². The molecule has 1 saturated carbocycles. The SMILES string of the molecule is CC(C)(C)[Si](C)(C)OC[C@@]12C[C@@H](O[Si](C)(C)C(C)(C)C)C[C@@H]1[C@H]1C=C[C@@H]2OO1. The molecule has 0 spiro atoms. The van der Waals surface area contributed by atoms with Gasteiger partial charge in [-0.3, -0.25) is 0 Å². The Morgan fingerprint density at radius 3 is 2.04 bits per heavy atom. The Balaban J connectivity index is 1.82. The largest absolute Gasteiger partial charge is 0.416 e. The smallest absolute Gasteiger partial charge is 0.192 e. The third-order valence-corrected chi connectivity index (χ3v) is 17.4. The predicted octanol–water partition coefficient (Wildman–Crippen LogP) is 6.06. The van der Waals surface area contributed by atoms with Gasteiger partial charge in [-0.2, -0.15) is 0 Å². The lowest BCUT2D eigenvalue weighted by Gasteiger charge is -2.50. The average Bonchev–Trinajstić information content (AvgIpc) is 2.92. The van der Waals surface area contributed by atoms with Crippen LogP contribution >= 0.6 is 0 Å². The number of fused-ring (bicyclic) bond motifs is 1. The van der Waals surface area contributed by atoms with Crippen LogP contribution in [0.25, 0.3) is 0 Å². The standard InChI is InChI=1S/C22H42O4Si2/c1-20(2,3)27(7,8)23-15-22-14-16(26-28(9,10)21(4,5)6)13-17(22)18-11-12-19(22)25-24-18/h11-12,16-19H,13-15H2,1-10H3/t16-,17+,18+,19-,22-/m0/s1. The number of rotatable bonds is 5. The molecule has 4 aliphatic rings. The number of hydrogen-bond acceptors (Lipinski definition) is 4. The lowest BCUT2D eigenvalue weighted by molar-refractivity contribution is -0.405. The van der Waals surface area contributed by atoms with Crippen LogP contribution in [-0.2, 0) is 18.6 Å². The summed E-state index contributed by atoms with van der Waals surface area (Å²) in [5.41, 5.74) is -0.0276. The predicted molar refractivity (Wildman–Crippen MR) is 119 cm³/mol. The quantitative estimate of drug-likeness (QED) is 0.304. The second kappa shape index (κ2) is 7.02. The van der Waals surface area contributed by atoms with Crippen molar-refractivity contribution in [2.45, 2.75) is 109 Å². The van der Waals surface area contributed by atoms with E-state index in [1.807, 2.05) is 0 Å². The first-order valence-electron chi connectivity index (χ1n) is 10.9. The molecular formula is C22H42O4Si2. The first-order chi connectivity index (χ1) is 12.6. The second-order valence-electron chi connectivity index (χ2n) is 12.3. The zero-order chi connectivity index (χ0) is 21.2. The lowest BCUT2D eigenvalue weighted by atomic mass is 9.68. The van der Waals surface area contributed by atoms with Crippen LogP contribution in [0, 0.1) is 11.3 Å². The topological polar surface area (TPSA) is 36.9 Å². The van der Waals surface area contributed by atoms with E-state index in [1.165, 1.54) is 0 Å². The molecule has 0 N–H and O–H groups in total. The fourth-order valence-electron chi connectivity index (χ4n) is 4.31. The van der Waals surface area contributed by atoms with Crippen molar-refractivity contribution in [1.29, 1.82) is 0 Å². The highest BCUT2D eigenvalue weighted by atomic mass is 28.4. The Bertz CT molecular complexity index is 617. The molecule has 2 bridgehead atoms. The Hall–Kier alpha value is 0.0138. The van der Waals surface area contributed by atoms with Crippen molar-refractivity contribution in [2.75, 3.05) is 6.61 Å². The van der Waals surface area contributed by atoms with Crippen molar-refractivity contribution < 1.29 is 18.6 Å². The molecule has 1 saturated heterocycles. The van der Waals surface area contributed by atoms with Gasteiger partial charge in [0.25, 0.3) is 0 Å². The minimum absolute atomic E-state index is 0.0275. The fourth-order valence-corrected chi connectivity index (χ4v) is 6.74.